The number of rotatable bonds is 3. The predicted octanol–water partition coefficient (Wildman–Crippen LogP) is 2.06. The summed E-state index contributed by atoms with van der Waals surface area (Å²) in [6, 6.07) is 3.12. The molecule has 0 aliphatic heterocycles. The van der Waals surface area contributed by atoms with Crippen molar-refractivity contribution in [3.05, 3.63) is 50.3 Å². The highest BCUT2D eigenvalue weighted by atomic mass is 32.1. The fourth-order valence-electron chi connectivity index (χ4n) is 1.44. The van der Waals surface area contributed by atoms with Crippen LogP contribution in [-0.2, 0) is 4.74 Å². The Morgan fingerprint density at radius 2 is 2.28 bits per heavy atom. The average molecular weight is 264 g/mol. The number of hydrogen-bond donors (Lipinski definition) is 1. The molecule has 2 aromatic rings. The third kappa shape index (κ3) is 2.65. The fraction of sp³-hybridized carbons (Fsp3) is 0.250. The molecular formula is C12H12N2O3S. The van der Waals surface area contributed by atoms with Gasteiger partial charge in [-0.2, -0.15) is 0 Å². The smallest absolute Gasteiger partial charge is 0.344 e. The molecule has 1 unspecified atom stereocenters. The number of carbonyl (C=O) groups is 1. The number of aromatic nitrogens is 2. The number of ether oxygens (including phenoxy) is 1. The number of pyridine rings is 1. The standard InChI is InChI=1S/C12H12N2O3S/c1-7-3-4-9(10(15)14-7)12(16)17-8(2)11-13-5-6-18-11/h3-6,8H,1-2H3,(H,14,15). The molecule has 0 fully saturated rings. The summed E-state index contributed by atoms with van der Waals surface area (Å²) in [6.07, 6.45) is 1.18. The molecule has 0 saturated carbocycles. The van der Waals surface area contributed by atoms with Gasteiger partial charge in [0.2, 0.25) is 0 Å². The Morgan fingerprint density at radius 3 is 2.89 bits per heavy atom. The lowest BCUT2D eigenvalue weighted by atomic mass is 10.2. The molecule has 0 radical (unpaired) electrons. The van der Waals surface area contributed by atoms with Crippen LogP contribution >= 0.6 is 11.3 Å². The second-order valence-corrected chi connectivity index (χ2v) is 4.73. The summed E-state index contributed by atoms with van der Waals surface area (Å²) in [4.78, 5) is 30.0. The molecule has 0 amide bonds. The van der Waals surface area contributed by atoms with Crippen LogP contribution in [0.15, 0.2) is 28.5 Å². The van der Waals surface area contributed by atoms with Gasteiger partial charge < -0.3 is 9.72 Å². The van der Waals surface area contributed by atoms with Crippen LogP contribution in [0.2, 0.25) is 0 Å². The molecule has 94 valence electrons. The maximum absolute atomic E-state index is 11.8. The third-order valence-corrected chi connectivity index (χ3v) is 3.29. The van der Waals surface area contributed by atoms with E-state index in [2.05, 4.69) is 9.97 Å². The van der Waals surface area contributed by atoms with E-state index in [0.29, 0.717) is 10.7 Å². The van der Waals surface area contributed by atoms with E-state index in [1.165, 1.54) is 17.4 Å². The van der Waals surface area contributed by atoms with Gasteiger partial charge in [-0.1, -0.05) is 0 Å². The Hall–Kier alpha value is -1.95. The number of carbonyl (C=O) groups excluding carboxylic acids is 1. The first-order valence-electron chi connectivity index (χ1n) is 5.38. The SMILES string of the molecule is Cc1ccc(C(=O)OC(C)c2nccs2)c(=O)[nH]1. The molecule has 0 spiro atoms. The van der Waals surface area contributed by atoms with E-state index >= 15 is 0 Å². The average Bonchev–Trinajstić information content (AvgIpc) is 2.81. The highest BCUT2D eigenvalue weighted by molar-refractivity contribution is 7.09. The first-order chi connectivity index (χ1) is 8.58. The lowest BCUT2D eigenvalue weighted by molar-refractivity contribution is 0.0335. The van der Waals surface area contributed by atoms with Gasteiger partial charge in [0.05, 0.1) is 0 Å². The summed E-state index contributed by atoms with van der Waals surface area (Å²) >= 11 is 1.40. The third-order valence-electron chi connectivity index (χ3n) is 2.36. The second-order valence-electron chi connectivity index (χ2n) is 3.80. The molecule has 0 aliphatic rings. The molecule has 0 aliphatic carbocycles. The minimum Gasteiger partial charge on any atom is -0.452 e. The Labute approximate surface area is 107 Å². The zero-order valence-corrected chi connectivity index (χ0v) is 10.8. The minimum atomic E-state index is -0.640. The fourth-order valence-corrected chi connectivity index (χ4v) is 2.07. The number of thiazole rings is 1. The first kappa shape index (κ1) is 12.5. The number of esters is 1. The zero-order valence-electron chi connectivity index (χ0n) is 9.97. The highest BCUT2D eigenvalue weighted by Crippen LogP contribution is 2.19. The van der Waals surface area contributed by atoms with E-state index in [-0.39, 0.29) is 5.56 Å². The largest absolute Gasteiger partial charge is 0.452 e. The molecule has 0 aromatic carbocycles. The lowest BCUT2D eigenvalue weighted by Gasteiger charge is -2.10. The van der Waals surface area contributed by atoms with Gasteiger partial charge in [0.1, 0.15) is 10.6 Å². The summed E-state index contributed by atoms with van der Waals surface area (Å²) in [5, 5.41) is 2.50. The Morgan fingerprint density at radius 1 is 1.50 bits per heavy atom. The molecule has 1 N–H and O–H groups in total. The van der Waals surface area contributed by atoms with Crippen LogP contribution in [0, 0.1) is 6.92 Å². The minimum absolute atomic E-state index is 0.00371. The van der Waals surface area contributed by atoms with Crippen molar-refractivity contribution in [2.24, 2.45) is 0 Å². The molecule has 1 atom stereocenters. The monoisotopic (exact) mass is 264 g/mol. The number of aryl methyl sites for hydroxylation is 1. The van der Waals surface area contributed by atoms with Crippen LogP contribution in [0.3, 0.4) is 0 Å². The van der Waals surface area contributed by atoms with Crippen LogP contribution in [0.4, 0.5) is 0 Å². The highest BCUT2D eigenvalue weighted by Gasteiger charge is 2.17. The number of hydrogen-bond acceptors (Lipinski definition) is 5. The Kier molecular flexibility index (Phi) is 3.57. The molecule has 2 rings (SSSR count). The van der Waals surface area contributed by atoms with Crippen LogP contribution in [0.1, 0.15) is 34.1 Å². The van der Waals surface area contributed by atoms with Crippen LogP contribution in [0.25, 0.3) is 0 Å². The quantitative estimate of drug-likeness (QED) is 0.861. The van der Waals surface area contributed by atoms with Crippen molar-refractivity contribution in [3.8, 4) is 0 Å². The molecule has 2 aromatic heterocycles. The number of aromatic amines is 1. The van der Waals surface area contributed by atoms with Crippen molar-refractivity contribution in [1.82, 2.24) is 9.97 Å². The summed E-state index contributed by atoms with van der Waals surface area (Å²) in [5.41, 5.74) is 0.264. The summed E-state index contributed by atoms with van der Waals surface area (Å²) in [7, 11) is 0. The predicted molar refractivity (Wildman–Crippen MR) is 67.7 cm³/mol. The van der Waals surface area contributed by atoms with E-state index < -0.39 is 17.6 Å². The van der Waals surface area contributed by atoms with E-state index in [1.54, 1.807) is 31.5 Å². The van der Waals surface area contributed by atoms with E-state index in [1.807, 2.05) is 0 Å². The van der Waals surface area contributed by atoms with Crippen molar-refractivity contribution in [2.75, 3.05) is 0 Å². The van der Waals surface area contributed by atoms with Crippen molar-refractivity contribution >= 4 is 17.3 Å². The van der Waals surface area contributed by atoms with Gasteiger partial charge in [-0.05, 0) is 26.0 Å². The second kappa shape index (κ2) is 5.14. The van der Waals surface area contributed by atoms with Gasteiger partial charge in [-0.15, -0.1) is 11.3 Å². The molecule has 0 saturated heterocycles. The van der Waals surface area contributed by atoms with Crippen molar-refractivity contribution in [1.29, 1.82) is 0 Å². The van der Waals surface area contributed by atoms with Crippen LogP contribution < -0.4 is 5.56 Å². The van der Waals surface area contributed by atoms with Gasteiger partial charge >= 0.3 is 5.97 Å². The van der Waals surface area contributed by atoms with E-state index in [0.717, 1.165) is 0 Å². The number of nitrogens with one attached hydrogen (secondary N) is 1. The maximum atomic E-state index is 11.8. The summed E-state index contributed by atoms with van der Waals surface area (Å²) < 4.78 is 5.19. The van der Waals surface area contributed by atoms with Crippen LogP contribution in [0.5, 0.6) is 0 Å². The Bertz CT molecular complexity index is 604. The molecule has 2 heterocycles. The van der Waals surface area contributed by atoms with Gasteiger partial charge in [0.15, 0.2) is 6.10 Å². The van der Waals surface area contributed by atoms with Crippen molar-refractivity contribution in [2.45, 2.75) is 20.0 Å². The van der Waals surface area contributed by atoms with Gasteiger partial charge in [-0.3, -0.25) is 4.79 Å². The summed E-state index contributed by atoms with van der Waals surface area (Å²) in [6.45, 7) is 3.47. The number of H-pyrrole nitrogens is 1. The molecule has 0 bridgehead atoms. The Balaban J connectivity index is 2.15. The molecule has 5 nitrogen and oxygen atoms in total. The first-order valence-corrected chi connectivity index (χ1v) is 6.26. The van der Waals surface area contributed by atoms with Crippen molar-refractivity contribution in [3.63, 3.8) is 0 Å². The normalized spacial score (nSPS) is 12.1. The molecular weight excluding hydrogens is 252 g/mol. The van der Waals surface area contributed by atoms with E-state index in [4.69, 9.17) is 4.74 Å². The summed E-state index contributed by atoms with van der Waals surface area (Å²) in [5.74, 6) is -0.640. The maximum Gasteiger partial charge on any atom is 0.344 e. The van der Waals surface area contributed by atoms with Gasteiger partial charge in [-0.25, -0.2) is 9.78 Å². The van der Waals surface area contributed by atoms with E-state index in [9.17, 15) is 9.59 Å². The lowest BCUT2D eigenvalue weighted by Crippen LogP contribution is -2.21. The molecule has 6 heteroatoms. The van der Waals surface area contributed by atoms with Crippen LogP contribution in [-0.4, -0.2) is 15.9 Å². The van der Waals surface area contributed by atoms with Gasteiger partial charge in [0.25, 0.3) is 5.56 Å². The van der Waals surface area contributed by atoms with Crippen molar-refractivity contribution < 1.29 is 9.53 Å². The van der Waals surface area contributed by atoms with Gasteiger partial charge in [0, 0.05) is 17.3 Å². The number of nitrogens with zero attached hydrogens (tertiary/aromatic N) is 1. The molecule has 18 heavy (non-hydrogen) atoms. The zero-order chi connectivity index (χ0) is 13.1. The topological polar surface area (TPSA) is 72.0 Å².